The fraction of sp³-hybridized carbons (Fsp3) is 0.900. The van der Waals surface area contributed by atoms with Crippen molar-refractivity contribution in [1.29, 1.82) is 0 Å². The third-order valence-corrected chi connectivity index (χ3v) is 2.80. The summed E-state index contributed by atoms with van der Waals surface area (Å²) in [4.78, 5) is 12.5. The van der Waals surface area contributed by atoms with E-state index >= 15 is 0 Å². The summed E-state index contributed by atoms with van der Waals surface area (Å²) >= 11 is 0. The number of likely N-dealkylation sites (tertiary alicyclic amines) is 1. The molecule has 1 fully saturated rings. The number of nitrogens with zero attached hydrogens (tertiary/aromatic N) is 1. The second-order valence-electron chi connectivity index (χ2n) is 4.07. The van der Waals surface area contributed by atoms with Crippen molar-refractivity contribution in [2.75, 3.05) is 13.1 Å². The molecule has 0 amide bonds. The summed E-state index contributed by atoms with van der Waals surface area (Å²) in [5.74, 6) is -0.0753. The minimum atomic E-state index is -1.26. The van der Waals surface area contributed by atoms with Crippen LogP contribution in [0, 0.1) is 5.92 Å². The van der Waals surface area contributed by atoms with E-state index in [1.807, 2.05) is 0 Å². The van der Waals surface area contributed by atoms with Gasteiger partial charge in [-0.05, 0) is 33.2 Å². The van der Waals surface area contributed by atoms with E-state index in [1.54, 1.807) is 0 Å². The van der Waals surface area contributed by atoms with E-state index in [9.17, 15) is 9.18 Å². The lowest BCUT2D eigenvalue weighted by molar-refractivity contribution is -0.114. The van der Waals surface area contributed by atoms with Crippen molar-refractivity contribution in [2.45, 2.75) is 38.9 Å². The van der Waals surface area contributed by atoms with Gasteiger partial charge in [-0.25, -0.2) is 4.39 Å². The van der Waals surface area contributed by atoms with Gasteiger partial charge in [0.15, 0.2) is 12.5 Å². The van der Waals surface area contributed by atoms with Gasteiger partial charge in [-0.2, -0.15) is 0 Å². The van der Waals surface area contributed by atoms with Gasteiger partial charge in [0.2, 0.25) is 0 Å². The molecular formula is C10H18FNO. The molecule has 2 nitrogen and oxygen atoms in total. The molecule has 2 unspecified atom stereocenters. The van der Waals surface area contributed by atoms with Crippen molar-refractivity contribution in [2.24, 2.45) is 5.92 Å². The SMILES string of the molecule is CC(C)N1CCCC(C(F)C=O)C1. The number of hydrogen-bond acceptors (Lipinski definition) is 2. The van der Waals surface area contributed by atoms with Crippen molar-refractivity contribution >= 4 is 6.29 Å². The number of carbonyl (C=O) groups is 1. The molecule has 0 spiro atoms. The Balaban J connectivity index is 2.46. The first-order valence-corrected chi connectivity index (χ1v) is 4.98. The molecule has 0 saturated carbocycles. The molecule has 0 aromatic rings. The number of piperidine rings is 1. The minimum absolute atomic E-state index is 0.0753. The summed E-state index contributed by atoms with van der Waals surface area (Å²) in [6.45, 7) is 5.99. The zero-order valence-corrected chi connectivity index (χ0v) is 8.37. The molecule has 1 heterocycles. The summed E-state index contributed by atoms with van der Waals surface area (Å²) in [5.41, 5.74) is 0. The molecule has 1 saturated heterocycles. The van der Waals surface area contributed by atoms with Crippen LogP contribution < -0.4 is 0 Å². The van der Waals surface area contributed by atoms with Crippen LogP contribution in [-0.4, -0.2) is 36.5 Å². The Morgan fingerprint density at radius 3 is 2.77 bits per heavy atom. The van der Waals surface area contributed by atoms with Gasteiger partial charge in [0.1, 0.15) is 0 Å². The van der Waals surface area contributed by atoms with Crippen molar-refractivity contribution in [1.82, 2.24) is 4.90 Å². The molecular weight excluding hydrogens is 169 g/mol. The molecule has 0 aromatic heterocycles. The number of carbonyl (C=O) groups excluding carboxylic acids is 1. The summed E-state index contributed by atoms with van der Waals surface area (Å²) in [5, 5.41) is 0. The van der Waals surface area contributed by atoms with Crippen LogP contribution in [0.15, 0.2) is 0 Å². The molecule has 13 heavy (non-hydrogen) atoms. The van der Waals surface area contributed by atoms with E-state index < -0.39 is 6.17 Å². The Morgan fingerprint density at radius 2 is 2.23 bits per heavy atom. The average molecular weight is 187 g/mol. The van der Waals surface area contributed by atoms with Gasteiger partial charge in [-0.1, -0.05) is 0 Å². The highest BCUT2D eigenvalue weighted by Crippen LogP contribution is 2.22. The third kappa shape index (κ3) is 2.76. The van der Waals surface area contributed by atoms with Gasteiger partial charge in [0.05, 0.1) is 0 Å². The molecule has 0 radical (unpaired) electrons. The number of hydrogen-bond donors (Lipinski definition) is 0. The van der Waals surface area contributed by atoms with Crippen molar-refractivity contribution in [3.8, 4) is 0 Å². The highest BCUT2D eigenvalue weighted by Gasteiger charge is 2.27. The van der Waals surface area contributed by atoms with E-state index in [4.69, 9.17) is 0 Å². The first kappa shape index (κ1) is 10.6. The highest BCUT2D eigenvalue weighted by molar-refractivity contribution is 5.56. The molecule has 0 N–H and O–H groups in total. The van der Waals surface area contributed by atoms with Gasteiger partial charge in [-0.3, -0.25) is 0 Å². The van der Waals surface area contributed by atoms with Crippen LogP contribution in [0.3, 0.4) is 0 Å². The second-order valence-corrected chi connectivity index (χ2v) is 4.07. The zero-order chi connectivity index (χ0) is 9.84. The van der Waals surface area contributed by atoms with E-state index in [-0.39, 0.29) is 5.92 Å². The van der Waals surface area contributed by atoms with Crippen molar-refractivity contribution in [3.63, 3.8) is 0 Å². The molecule has 0 aromatic carbocycles. The predicted octanol–water partition coefficient (Wildman–Crippen LogP) is 1.64. The third-order valence-electron chi connectivity index (χ3n) is 2.80. The smallest absolute Gasteiger partial charge is 0.159 e. The number of rotatable bonds is 3. The van der Waals surface area contributed by atoms with Crippen molar-refractivity contribution < 1.29 is 9.18 Å². The molecule has 1 rings (SSSR count). The Labute approximate surface area is 79.1 Å². The lowest BCUT2D eigenvalue weighted by atomic mass is 9.93. The lowest BCUT2D eigenvalue weighted by Crippen LogP contribution is -2.43. The fourth-order valence-corrected chi connectivity index (χ4v) is 1.88. The zero-order valence-electron chi connectivity index (χ0n) is 8.37. The Kier molecular flexibility index (Phi) is 3.85. The summed E-state index contributed by atoms with van der Waals surface area (Å²) in [7, 11) is 0. The van der Waals surface area contributed by atoms with Gasteiger partial charge < -0.3 is 9.69 Å². The van der Waals surface area contributed by atoms with Crippen LogP contribution in [0.5, 0.6) is 0 Å². The number of halogens is 1. The molecule has 3 heteroatoms. The highest BCUT2D eigenvalue weighted by atomic mass is 19.1. The van der Waals surface area contributed by atoms with Gasteiger partial charge in [-0.15, -0.1) is 0 Å². The largest absolute Gasteiger partial charge is 0.301 e. The average Bonchev–Trinajstić information content (AvgIpc) is 2.17. The van der Waals surface area contributed by atoms with Gasteiger partial charge >= 0.3 is 0 Å². The van der Waals surface area contributed by atoms with Crippen LogP contribution in [0.2, 0.25) is 0 Å². The first-order valence-electron chi connectivity index (χ1n) is 4.98. The fourth-order valence-electron chi connectivity index (χ4n) is 1.88. The van der Waals surface area contributed by atoms with E-state index in [2.05, 4.69) is 18.7 Å². The molecule has 0 bridgehead atoms. The topological polar surface area (TPSA) is 20.3 Å². The summed E-state index contributed by atoms with van der Waals surface area (Å²) < 4.78 is 13.1. The molecule has 2 atom stereocenters. The Morgan fingerprint density at radius 1 is 1.54 bits per heavy atom. The van der Waals surface area contributed by atoms with Gasteiger partial charge in [0, 0.05) is 18.5 Å². The van der Waals surface area contributed by atoms with E-state index in [0.717, 1.165) is 25.9 Å². The van der Waals surface area contributed by atoms with E-state index in [1.165, 1.54) is 0 Å². The Hall–Kier alpha value is -0.440. The van der Waals surface area contributed by atoms with Crippen LogP contribution in [0.4, 0.5) is 4.39 Å². The maximum Gasteiger partial charge on any atom is 0.159 e. The van der Waals surface area contributed by atoms with E-state index in [0.29, 0.717) is 12.3 Å². The summed E-state index contributed by atoms with van der Waals surface area (Å²) in [6.07, 6.45) is 1.04. The summed E-state index contributed by atoms with van der Waals surface area (Å²) in [6, 6.07) is 0.460. The Bertz CT molecular complexity index is 172. The van der Waals surface area contributed by atoms with Crippen LogP contribution >= 0.6 is 0 Å². The normalized spacial score (nSPS) is 27.5. The second kappa shape index (κ2) is 4.70. The molecule has 76 valence electrons. The monoisotopic (exact) mass is 187 g/mol. The van der Waals surface area contributed by atoms with Gasteiger partial charge in [0.25, 0.3) is 0 Å². The molecule has 0 aliphatic carbocycles. The van der Waals surface area contributed by atoms with Crippen LogP contribution in [0.25, 0.3) is 0 Å². The molecule has 1 aliphatic rings. The number of alkyl halides is 1. The standard InChI is InChI=1S/C10H18FNO/c1-8(2)12-5-3-4-9(6-12)10(11)7-13/h7-10H,3-6H2,1-2H3. The van der Waals surface area contributed by atoms with Crippen LogP contribution in [0.1, 0.15) is 26.7 Å². The van der Waals surface area contributed by atoms with Crippen LogP contribution in [-0.2, 0) is 4.79 Å². The minimum Gasteiger partial charge on any atom is -0.301 e. The predicted molar refractivity (Wildman–Crippen MR) is 50.4 cm³/mol. The molecule has 1 aliphatic heterocycles. The lowest BCUT2D eigenvalue weighted by Gasteiger charge is -2.35. The maximum atomic E-state index is 13.1. The first-order chi connectivity index (χ1) is 6.15. The number of aldehydes is 1. The maximum absolute atomic E-state index is 13.1. The van der Waals surface area contributed by atoms with Crippen molar-refractivity contribution in [3.05, 3.63) is 0 Å². The quantitative estimate of drug-likeness (QED) is 0.626.